The minimum absolute atomic E-state index is 0.00755. The molecule has 0 aliphatic carbocycles. The van der Waals surface area contributed by atoms with E-state index in [0.29, 0.717) is 18.9 Å². The number of aldehydes is 1. The Morgan fingerprint density at radius 1 is 0.558 bits per heavy atom. The summed E-state index contributed by atoms with van der Waals surface area (Å²) in [5.41, 5.74) is 0. The lowest BCUT2D eigenvalue weighted by atomic mass is 10.0. The van der Waals surface area contributed by atoms with Crippen molar-refractivity contribution in [1.82, 2.24) is 4.90 Å². The first-order valence-electron chi connectivity index (χ1n) is 22.9. The van der Waals surface area contributed by atoms with Crippen molar-refractivity contribution in [2.24, 2.45) is 0 Å². The zero-order valence-corrected chi connectivity index (χ0v) is 36.1. The molecule has 0 aromatic carbocycles. The molecule has 0 aromatic heterocycles. The van der Waals surface area contributed by atoms with Gasteiger partial charge in [0, 0.05) is 26.0 Å². The van der Waals surface area contributed by atoms with Gasteiger partial charge in [0.2, 0.25) is 0 Å². The Kier molecular flexibility index (Phi) is 45.4. The molecule has 1 N–H and O–H groups in total. The van der Waals surface area contributed by atoms with Crippen molar-refractivity contribution in [3.05, 3.63) is 0 Å². The summed E-state index contributed by atoms with van der Waals surface area (Å²) >= 11 is 0. The number of methoxy groups -OCH3 is 1. The molecule has 0 bridgehead atoms. The largest absolute Gasteiger partial charge is 0.462 e. The molecule has 0 amide bonds. The fraction of sp³-hybridized carbons (Fsp3) is 0.957. The van der Waals surface area contributed by atoms with E-state index in [9.17, 15) is 14.7 Å². The number of rotatable bonds is 40. The first kappa shape index (κ1) is 53.1. The molecule has 0 spiro atoms. The van der Waals surface area contributed by atoms with Gasteiger partial charge in [-0.1, -0.05) is 156 Å². The minimum Gasteiger partial charge on any atom is -0.462 e. The predicted molar refractivity (Wildman–Crippen MR) is 225 cm³/mol. The Hall–Kier alpha value is -0.980. The Morgan fingerprint density at radius 2 is 0.981 bits per heavy atom. The molecular weight excluding hydrogens is 647 g/mol. The third kappa shape index (κ3) is 38.7. The molecule has 0 radical (unpaired) electrons. The lowest BCUT2D eigenvalue weighted by Gasteiger charge is -2.27. The smallest absolute Gasteiger partial charge is 0.306 e. The van der Waals surface area contributed by atoms with Crippen LogP contribution in [-0.2, 0) is 19.1 Å². The second-order valence-corrected chi connectivity index (χ2v) is 15.7. The molecule has 0 aliphatic heterocycles. The number of aliphatic hydroxyl groups excluding tert-OH is 1. The molecule has 0 saturated heterocycles. The van der Waals surface area contributed by atoms with E-state index in [4.69, 9.17) is 9.47 Å². The molecule has 6 heteroatoms. The number of nitrogens with zero attached hydrogens (tertiary/aromatic N) is 1. The highest BCUT2D eigenvalue weighted by atomic mass is 16.5. The fourth-order valence-corrected chi connectivity index (χ4v) is 6.99. The van der Waals surface area contributed by atoms with Gasteiger partial charge in [-0.15, -0.1) is 0 Å². The maximum atomic E-state index is 12.5. The molecule has 52 heavy (non-hydrogen) atoms. The van der Waals surface area contributed by atoms with Crippen molar-refractivity contribution < 1.29 is 24.2 Å². The maximum Gasteiger partial charge on any atom is 0.306 e. The van der Waals surface area contributed by atoms with Crippen molar-refractivity contribution in [2.45, 2.75) is 258 Å². The third-order valence-electron chi connectivity index (χ3n) is 10.6. The van der Waals surface area contributed by atoms with Crippen LogP contribution in [0.2, 0.25) is 0 Å². The van der Waals surface area contributed by atoms with E-state index in [1.807, 2.05) is 7.11 Å². The van der Waals surface area contributed by atoms with E-state index < -0.39 is 0 Å². The Bertz CT molecular complexity index is 704. The van der Waals surface area contributed by atoms with Gasteiger partial charge < -0.3 is 19.4 Å². The van der Waals surface area contributed by atoms with Crippen molar-refractivity contribution in [2.75, 3.05) is 26.8 Å². The summed E-state index contributed by atoms with van der Waals surface area (Å²) in [7, 11) is 1.84. The molecule has 0 saturated carbocycles. The molecule has 312 valence electrons. The summed E-state index contributed by atoms with van der Waals surface area (Å²) in [5, 5.41) is 9.63. The van der Waals surface area contributed by atoms with Crippen molar-refractivity contribution in [3.63, 3.8) is 0 Å². The number of carbonyl (C=O) groups excluding carboxylic acids is 2. The minimum atomic E-state index is 0.00755. The average Bonchev–Trinajstić information content (AvgIpc) is 3.15. The normalized spacial score (nSPS) is 13.1. The van der Waals surface area contributed by atoms with Gasteiger partial charge in [-0.25, -0.2) is 0 Å². The van der Waals surface area contributed by atoms with Crippen LogP contribution in [0.25, 0.3) is 0 Å². The quantitative estimate of drug-likeness (QED) is 0.0383. The van der Waals surface area contributed by atoms with Crippen LogP contribution in [0.1, 0.15) is 240 Å². The van der Waals surface area contributed by atoms with Gasteiger partial charge in [0.25, 0.3) is 0 Å². The number of hydrogen-bond donors (Lipinski definition) is 1. The fourth-order valence-electron chi connectivity index (χ4n) is 6.99. The van der Waals surface area contributed by atoms with Crippen molar-refractivity contribution in [3.8, 4) is 0 Å². The second kappa shape index (κ2) is 44.4. The SMILES string of the molecule is CCCCCCCC(CCCCCC)OC(=O)CCCCCCCN(CCCCCCCC=O)C(C)CO.CCCCCCCCC(CCC)OC. The Balaban J connectivity index is 0. The van der Waals surface area contributed by atoms with Crippen LogP contribution in [0.3, 0.4) is 0 Å². The summed E-state index contributed by atoms with van der Waals surface area (Å²) in [6, 6.07) is 0.210. The highest BCUT2D eigenvalue weighted by Crippen LogP contribution is 2.18. The van der Waals surface area contributed by atoms with Crippen LogP contribution >= 0.6 is 0 Å². The number of esters is 1. The third-order valence-corrected chi connectivity index (χ3v) is 10.6. The van der Waals surface area contributed by atoms with E-state index in [1.165, 1.54) is 135 Å². The standard InChI is InChI=1S/C33H65NO4.C13H28O/c1-4-6-8-13-19-25-32(24-18-9-7-5-2)38-33(37)26-20-14-12-16-22-28-34(31(3)30-36)27-21-15-10-11-17-23-29-35;1-4-6-7-8-9-10-12-13(14-3)11-5-2/h29,31-32,36H,4-28,30H2,1-3H3;13H,4-12H2,1-3H3. The van der Waals surface area contributed by atoms with Crippen LogP contribution in [0, 0.1) is 0 Å². The van der Waals surface area contributed by atoms with Crippen LogP contribution in [0.15, 0.2) is 0 Å². The van der Waals surface area contributed by atoms with Gasteiger partial charge in [-0.2, -0.15) is 0 Å². The number of unbranched alkanes of at least 4 members (excludes halogenated alkanes) is 21. The van der Waals surface area contributed by atoms with Crippen LogP contribution in [0.5, 0.6) is 0 Å². The Labute approximate surface area is 325 Å². The summed E-state index contributed by atoms with van der Waals surface area (Å²) in [6.07, 6.45) is 39.5. The van der Waals surface area contributed by atoms with Gasteiger partial charge in [-0.3, -0.25) is 9.69 Å². The van der Waals surface area contributed by atoms with Gasteiger partial charge in [-0.05, 0) is 84.2 Å². The number of ether oxygens (including phenoxy) is 2. The van der Waals surface area contributed by atoms with E-state index in [-0.39, 0.29) is 24.7 Å². The van der Waals surface area contributed by atoms with E-state index in [0.717, 1.165) is 77.2 Å². The molecule has 3 unspecified atom stereocenters. The van der Waals surface area contributed by atoms with Gasteiger partial charge >= 0.3 is 5.97 Å². The zero-order chi connectivity index (χ0) is 38.8. The summed E-state index contributed by atoms with van der Waals surface area (Å²) in [5.74, 6) is 0.00755. The first-order valence-corrected chi connectivity index (χ1v) is 22.9. The second-order valence-electron chi connectivity index (χ2n) is 15.7. The van der Waals surface area contributed by atoms with E-state index in [1.54, 1.807) is 0 Å². The molecule has 0 heterocycles. The van der Waals surface area contributed by atoms with Crippen molar-refractivity contribution >= 4 is 12.3 Å². The topological polar surface area (TPSA) is 76.1 Å². The average molecular weight is 740 g/mol. The molecule has 0 aliphatic rings. The van der Waals surface area contributed by atoms with Gasteiger partial charge in [0.1, 0.15) is 12.4 Å². The predicted octanol–water partition coefficient (Wildman–Crippen LogP) is 13.3. The summed E-state index contributed by atoms with van der Waals surface area (Å²) in [4.78, 5) is 25.3. The number of carbonyl (C=O) groups is 2. The molecule has 3 atom stereocenters. The van der Waals surface area contributed by atoms with E-state index in [2.05, 4.69) is 39.5 Å². The summed E-state index contributed by atoms with van der Waals surface area (Å²) in [6.45, 7) is 13.4. The van der Waals surface area contributed by atoms with E-state index >= 15 is 0 Å². The van der Waals surface area contributed by atoms with Crippen molar-refractivity contribution in [1.29, 1.82) is 0 Å². The Morgan fingerprint density at radius 3 is 1.44 bits per heavy atom. The van der Waals surface area contributed by atoms with Gasteiger partial charge in [0.15, 0.2) is 0 Å². The summed E-state index contributed by atoms with van der Waals surface area (Å²) < 4.78 is 11.3. The highest BCUT2D eigenvalue weighted by molar-refractivity contribution is 5.69. The van der Waals surface area contributed by atoms with Crippen LogP contribution in [0.4, 0.5) is 0 Å². The van der Waals surface area contributed by atoms with Crippen LogP contribution in [-0.4, -0.2) is 67.3 Å². The molecular formula is C46H93NO5. The molecule has 6 nitrogen and oxygen atoms in total. The lowest BCUT2D eigenvalue weighted by molar-refractivity contribution is -0.150. The maximum absolute atomic E-state index is 12.5. The van der Waals surface area contributed by atoms with Crippen LogP contribution < -0.4 is 0 Å². The monoisotopic (exact) mass is 740 g/mol. The zero-order valence-electron chi connectivity index (χ0n) is 36.1. The van der Waals surface area contributed by atoms with Gasteiger partial charge in [0.05, 0.1) is 12.7 Å². The lowest BCUT2D eigenvalue weighted by Crippen LogP contribution is -2.37. The first-order chi connectivity index (χ1) is 25.4. The number of aliphatic hydroxyl groups is 1. The number of hydrogen-bond acceptors (Lipinski definition) is 6. The highest BCUT2D eigenvalue weighted by Gasteiger charge is 2.15. The molecule has 0 fully saturated rings. The molecule has 0 rings (SSSR count). The molecule has 0 aromatic rings.